The molecule has 1 fully saturated rings. The highest BCUT2D eigenvalue weighted by atomic mass is 16.1. The van der Waals surface area contributed by atoms with Crippen LogP contribution in [0.1, 0.15) is 34.9 Å². The number of nitrogens with one attached hydrogen (secondary N) is 2. The molecular formula is C19H21N5O. The van der Waals surface area contributed by atoms with Crippen LogP contribution in [-0.2, 0) is 0 Å². The number of carbonyl (C=O) groups is 1. The second-order valence-corrected chi connectivity index (χ2v) is 6.35. The monoisotopic (exact) mass is 335 g/mol. The maximum atomic E-state index is 12.1. The van der Waals surface area contributed by atoms with Crippen molar-refractivity contribution in [1.29, 1.82) is 0 Å². The molecule has 0 bridgehead atoms. The van der Waals surface area contributed by atoms with Gasteiger partial charge in [-0.1, -0.05) is 12.1 Å². The van der Waals surface area contributed by atoms with Crippen LogP contribution in [0.25, 0.3) is 11.0 Å². The number of amides is 1. The largest absolute Gasteiger partial charge is 0.356 e. The van der Waals surface area contributed by atoms with Gasteiger partial charge in [-0.05, 0) is 37.1 Å². The molecule has 1 saturated heterocycles. The van der Waals surface area contributed by atoms with Gasteiger partial charge in [0.15, 0.2) is 0 Å². The first-order valence-corrected chi connectivity index (χ1v) is 8.63. The molecule has 128 valence electrons. The summed E-state index contributed by atoms with van der Waals surface area (Å²) in [6.07, 6.45) is 3.72. The van der Waals surface area contributed by atoms with Crippen LogP contribution in [0.2, 0.25) is 0 Å². The molecule has 1 aromatic carbocycles. The maximum absolute atomic E-state index is 12.1. The number of pyridine rings is 1. The summed E-state index contributed by atoms with van der Waals surface area (Å²) < 4.78 is 0. The molecule has 3 heterocycles. The number of nitrogens with zero attached hydrogens (tertiary/aromatic N) is 3. The number of H-pyrrole nitrogens is 1. The van der Waals surface area contributed by atoms with E-state index in [-0.39, 0.29) is 5.91 Å². The molecule has 1 amide bonds. The van der Waals surface area contributed by atoms with Gasteiger partial charge in [-0.15, -0.1) is 0 Å². The van der Waals surface area contributed by atoms with Gasteiger partial charge in [0.05, 0.1) is 16.6 Å². The summed E-state index contributed by atoms with van der Waals surface area (Å²) in [7, 11) is 1.65. The molecule has 6 heteroatoms. The Labute approximate surface area is 146 Å². The highest BCUT2D eigenvalue weighted by Crippen LogP contribution is 2.30. The Kier molecular flexibility index (Phi) is 4.09. The van der Waals surface area contributed by atoms with Crippen LogP contribution in [0.5, 0.6) is 0 Å². The molecule has 0 unspecified atom stereocenters. The average Bonchev–Trinajstić information content (AvgIpc) is 3.12. The minimum Gasteiger partial charge on any atom is -0.356 e. The van der Waals surface area contributed by atoms with Gasteiger partial charge < -0.3 is 15.2 Å². The van der Waals surface area contributed by atoms with Crippen molar-refractivity contribution < 1.29 is 4.79 Å². The first-order valence-electron chi connectivity index (χ1n) is 8.63. The number of para-hydroxylation sites is 2. The number of hydrogen-bond donors (Lipinski definition) is 2. The molecule has 6 nitrogen and oxygen atoms in total. The van der Waals surface area contributed by atoms with Crippen molar-refractivity contribution in [2.45, 2.75) is 18.8 Å². The molecule has 4 rings (SSSR count). The van der Waals surface area contributed by atoms with Crippen LogP contribution in [0.15, 0.2) is 42.6 Å². The minimum absolute atomic E-state index is 0.0949. The SMILES string of the molecule is CNC(=O)c1cccnc1N1CCC(c2nc3ccccc3[nH]2)CC1. The average molecular weight is 335 g/mol. The minimum atomic E-state index is -0.0949. The zero-order valence-corrected chi connectivity index (χ0v) is 14.2. The van der Waals surface area contributed by atoms with Crippen molar-refractivity contribution in [1.82, 2.24) is 20.3 Å². The molecule has 0 radical (unpaired) electrons. The van der Waals surface area contributed by atoms with E-state index in [4.69, 9.17) is 4.98 Å². The number of imidazole rings is 1. The Morgan fingerprint density at radius 1 is 1.20 bits per heavy atom. The molecule has 0 atom stereocenters. The van der Waals surface area contributed by atoms with Gasteiger partial charge in [-0.2, -0.15) is 0 Å². The van der Waals surface area contributed by atoms with Crippen LogP contribution in [0.3, 0.4) is 0 Å². The van der Waals surface area contributed by atoms with Gasteiger partial charge in [0.25, 0.3) is 5.91 Å². The van der Waals surface area contributed by atoms with E-state index < -0.39 is 0 Å². The number of rotatable bonds is 3. The third kappa shape index (κ3) is 2.95. The van der Waals surface area contributed by atoms with Crippen LogP contribution in [-0.4, -0.2) is 41.0 Å². The number of hydrogen-bond acceptors (Lipinski definition) is 4. The number of carbonyl (C=O) groups excluding carboxylic acids is 1. The van der Waals surface area contributed by atoms with Crippen molar-refractivity contribution in [2.24, 2.45) is 0 Å². The van der Waals surface area contributed by atoms with Crippen LogP contribution >= 0.6 is 0 Å². The van der Waals surface area contributed by atoms with E-state index in [0.29, 0.717) is 11.5 Å². The smallest absolute Gasteiger partial charge is 0.254 e. The highest BCUT2D eigenvalue weighted by molar-refractivity contribution is 5.98. The summed E-state index contributed by atoms with van der Waals surface area (Å²) in [5.41, 5.74) is 2.74. The van der Waals surface area contributed by atoms with Gasteiger partial charge in [-0.25, -0.2) is 9.97 Å². The first-order chi connectivity index (χ1) is 12.3. The van der Waals surface area contributed by atoms with E-state index in [0.717, 1.165) is 48.6 Å². The number of anilines is 1. The third-order valence-corrected chi connectivity index (χ3v) is 4.85. The summed E-state index contributed by atoms with van der Waals surface area (Å²) in [4.78, 5) is 26.9. The van der Waals surface area contributed by atoms with Crippen molar-refractivity contribution in [2.75, 3.05) is 25.0 Å². The summed E-state index contributed by atoms with van der Waals surface area (Å²) in [5.74, 6) is 2.15. The van der Waals surface area contributed by atoms with Crippen LogP contribution < -0.4 is 10.2 Å². The predicted octanol–water partition coefficient (Wildman–Crippen LogP) is 2.70. The van der Waals surface area contributed by atoms with E-state index >= 15 is 0 Å². The van der Waals surface area contributed by atoms with E-state index in [9.17, 15) is 4.79 Å². The normalized spacial score (nSPS) is 15.5. The van der Waals surface area contributed by atoms with Gasteiger partial charge in [0, 0.05) is 32.3 Å². The summed E-state index contributed by atoms with van der Waals surface area (Å²) >= 11 is 0. The fourth-order valence-electron chi connectivity index (χ4n) is 3.49. The Morgan fingerprint density at radius 2 is 2.00 bits per heavy atom. The summed E-state index contributed by atoms with van der Waals surface area (Å²) in [6, 6.07) is 11.8. The summed E-state index contributed by atoms with van der Waals surface area (Å²) in [6.45, 7) is 1.73. The maximum Gasteiger partial charge on any atom is 0.254 e. The van der Waals surface area contributed by atoms with Gasteiger partial charge >= 0.3 is 0 Å². The first kappa shape index (κ1) is 15.6. The molecule has 2 N–H and O–H groups in total. The van der Waals surface area contributed by atoms with Crippen LogP contribution in [0, 0.1) is 0 Å². The Hall–Kier alpha value is -2.89. The molecule has 1 aliphatic rings. The highest BCUT2D eigenvalue weighted by Gasteiger charge is 2.26. The third-order valence-electron chi connectivity index (χ3n) is 4.85. The zero-order valence-electron chi connectivity index (χ0n) is 14.2. The zero-order chi connectivity index (χ0) is 17.2. The molecule has 0 saturated carbocycles. The lowest BCUT2D eigenvalue weighted by Gasteiger charge is -2.32. The topological polar surface area (TPSA) is 73.9 Å². The second-order valence-electron chi connectivity index (χ2n) is 6.35. The Bertz CT molecular complexity index is 862. The van der Waals surface area contributed by atoms with Gasteiger partial charge in [0.1, 0.15) is 11.6 Å². The Morgan fingerprint density at radius 3 is 2.76 bits per heavy atom. The molecular weight excluding hydrogens is 314 g/mol. The van der Waals surface area contributed by atoms with E-state index in [1.807, 2.05) is 24.3 Å². The number of piperidine rings is 1. The van der Waals surface area contributed by atoms with Gasteiger partial charge in [-0.3, -0.25) is 4.79 Å². The van der Waals surface area contributed by atoms with Crippen LogP contribution in [0.4, 0.5) is 5.82 Å². The van der Waals surface area contributed by atoms with Crippen molar-refractivity contribution in [3.63, 3.8) is 0 Å². The Balaban J connectivity index is 1.51. The quantitative estimate of drug-likeness (QED) is 0.772. The lowest BCUT2D eigenvalue weighted by molar-refractivity contribution is 0.0963. The lowest BCUT2D eigenvalue weighted by Crippen LogP contribution is -2.35. The standard InChI is InChI=1S/C19H21N5O/c1-20-19(25)14-5-4-10-21-18(14)24-11-8-13(9-12-24)17-22-15-6-2-3-7-16(15)23-17/h2-7,10,13H,8-9,11-12H2,1H3,(H,20,25)(H,22,23). The number of benzene rings is 1. The molecule has 2 aromatic heterocycles. The van der Waals surface area contributed by atoms with E-state index in [2.05, 4.69) is 26.3 Å². The number of aromatic amines is 1. The fourth-order valence-corrected chi connectivity index (χ4v) is 3.49. The van der Waals surface area contributed by atoms with Crippen molar-refractivity contribution in [3.8, 4) is 0 Å². The second kappa shape index (κ2) is 6.55. The molecule has 25 heavy (non-hydrogen) atoms. The predicted molar refractivity (Wildman–Crippen MR) is 97.9 cm³/mol. The number of aromatic nitrogens is 3. The molecule has 1 aliphatic heterocycles. The molecule has 0 spiro atoms. The molecule has 3 aromatic rings. The fraction of sp³-hybridized carbons (Fsp3) is 0.316. The van der Waals surface area contributed by atoms with Crippen molar-refractivity contribution >= 4 is 22.8 Å². The van der Waals surface area contributed by atoms with Crippen molar-refractivity contribution in [3.05, 3.63) is 54.0 Å². The van der Waals surface area contributed by atoms with Gasteiger partial charge in [0.2, 0.25) is 0 Å². The van der Waals surface area contributed by atoms with E-state index in [1.165, 1.54) is 0 Å². The lowest BCUT2D eigenvalue weighted by atomic mass is 9.96. The summed E-state index contributed by atoms with van der Waals surface area (Å²) in [5, 5.41) is 2.69. The van der Waals surface area contributed by atoms with E-state index in [1.54, 1.807) is 19.3 Å². The number of fused-ring (bicyclic) bond motifs is 1. The molecule has 0 aliphatic carbocycles.